The van der Waals surface area contributed by atoms with Crippen LogP contribution in [0.15, 0.2) is 46.3 Å². The number of Topliss-reactive ketones (excluding diaryl/α,β-unsaturated/α-hetero) is 1. The van der Waals surface area contributed by atoms with Crippen LogP contribution in [0.2, 0.25) is 0 Å². The molecule has 52 heavy (non-hydrogen) atoms. The highest BCUT2D eigenvalue weighted by molar-refractivity contribution is 7.99. The van der Waals surface area contributed by atoms with E-state index in [0.717, 1.165) is 32.1 Å². The summed E-state index contributed by atoms with van der Waals surface area (Å²) < 4.78 is 1.48. The number of likely N-dealkylation sites (tertiary alicyclic amines) is 1. The number of nitrogens with two attached hydrogens (primary N) is 1. The third-order valence-electron chi connectivity index (χ3n) is 10.4. The van der Waals surface area contributed by atoms with Gasteiger partial charge in [0.25, 0.3) is 23.3 Å². The van der Waals surface area contributed by atoms with Crippen LogP contribution in [-0.4, -0.2) is 94.7 Å². The Morgan fingerprint density at radius 1 is 1.12 bits per heavy atom. The van der Waals surface area contributed by atoms with Gasteiger partial charge < -0.3 is 26.0 Å². The predicted molar refractivity (Wildman–Crippen MR) is 194 cm³/mol. The SMILES string of the molecule is CC(C)(O)c1cnnn1[C@H]1C[C@@H](C(=O)NC2(C(=O)C(N)=O)CCSCC2)N(C(=O)/C(CC2CCCCC2)=N/C(=O)c2cc3ccccc3c(=O)[nH]2)C1. The molecule has 4 amide bonds. The number of hydrogen-bond donors (Lipinski definition) is 4. The molecule has 1 aliphatic carbocycles. The first-order valence-corrected chi connectivity index (χ1v) is 18.8. The van der Waals surface area contributed by atoms with E-state index in [1.54, 1.807) is 49.9 Å². The number of nitrogens with zero attached hydrogens (tertiary/aromatic N) is 5. The van der Waals surface area contributed by atoms with Crippen molar-refractivity contribution in [3.63, 3.8) is 0 Å². The number of ketones is 1. The van der Waals surface area contributed by atoms with Gasteiger partial charge in [0, 0.05) is 18.4 Å². The van der Waals surface area contributed by atoms with Gasteiger partial charge in [-0.15, -0.1) is 5.10 Å². The van der Waals surface area contributed by atoms with Crippen molar-refractivity contribution in [2.24, 2.45) is 16.6 Å². The zero-order valence-electron chi connectivity index (χ0n) is 29.3. The first kappa shape index (κ1) is 37.1. The number of benzene rings is 1. The first-order chi connectivity index (χ1) is 24.8. The fourth-order valence-corrected chi connectivity index (χ4v) is 8.81. The molecule has 1 aromatic carbocycles. The maximum atomic E-state index is 14.7. The lowest BCUT2D eigenvalue weighted by molar-refractivity contribution is -0.143. The van der Waals surface area contributed by atoms with Crippen molar-refractivity contribution in [2.75, 3.05) is 18.1 Å². The largest absolute Gasteiger partial charge is 0.384 e. The van der Waals surface area contributed by atoms with Crippen LogP contribution in [0.25, 0.3) is 10.8 Å². The zero-order chi connectivity index (χ0) is 37.2. The summed E-state index contributed by atoms with van der Waals surface area (Å²) in [4.78, 5) is 89.2. The van der Waals surface area contributed by atoms with Crippen LogP contribution in [0.1, 0.15) is 93.9 Å². The molecule has 0 spiro atoms. The minimum Gasteiger partial charge on any atom is -0.384 e. The van der Waals surface area contributed by atoms with Crippen molar-refractivity contribution in [1.29, 1.82) is 0 Å². The molecule has 2 aromatic heterocycles. The summed E-state index contributed by atoms with van der Waals surface area (Å²) in [5.74, 6) is -3.07. The van der Waals surface area contributed by atoms with Crippen molar-refractivity contribution in [3.8, 4) is 0 Å². The molecule has 3 aromatic rings. The number of nitrogens with one attached hydrogen (secondary N) is 2. The van der Waals surface area contributed by atoms with Gasteiger partial charge in [-0.1, -0.05) is 55.5 Å². The number of aromatic nitrogens is 4. The Kier molecular flexibility index (Phi) is 10.8. The molecule has 0 bridgehead atoms. The van der Waals surface area contributed by atoms with Crippen molar-refractivity contribution >= 4 is 57.7 Å². The minimum absolute atomic E-state index is 0.0300. The van der Waals surface area contributed by atoms with Crippen molar-refractivity contribution in [1.82, 2.24) is 30.2 Å². The van der Waals surface area contributed by atoms with Gasteiger partial charge in [-0.2, -0.15) is 11.8 Å². The Bertz CT molecular complexity index is 1970. The van der Waals surface area contributed by atoms with Gasteiger partial charge in [-0.05, 0) is 68.1 Å². The topological polar surface area (TPSA) is 223 Å². The molecular formula is C36H44N8O7S. The molecule has 276 valence electrons. The van der Waals surface area contributed by atoms with Crippen molar-refractivity contribution < 1.29 is 29.1 Å². The average molecular weight is 733 g/mol. The number of fused-ring (bicyclic) bond motifs is 1. The second-order valence-corrected chi connectivity index (χ2v) is 15.8. The molecule has 2 saturated heterocycles. The lowest BCUT2D eigenvalue weighted by Gasteiger charge is -2.37. The van der Waals surface area contributed by atoms with E-state index < -0.39 is 58.2 Å². The van der Waals surface area contributed by atoms with Gasteiger partial charge in [0.15, 0.2) is 0 Å². The summed E-state index contributed by atoms with van der Waals surface area (Å²) >= 11 is 1.59. The number of aliphatic imine (C=N–C) groups is 1. The van der Waals surface area contributed by atoms with Gasteiger partial charge in [0.2, 0.25) is 11.7 Å². The van der Waals surface area contributed by atoms with Gasteiger partial charge in [0.1, 0.15) is 28.6 Å². The van der Waals surface area contributed by atoms with Crippen LogP contribution in [0, 0.1) is 5.92 Å². The smallest absolute Gasteiger partial charge is 0.293 e. The van der Waals surface area contributed by atoms with Crippen LogP contribution in [0.3, 0.4) is 0 Å². The molecule has 1 saturated carbocycles. The fourth-order valence-electron chi connectivity index (χ4n) is 7.62. The highest BCUT2D eigenvalue weighted by Gasteiger charge is 2.49. The van der Waals surface area contributed by atoms with E-state index in [9.17, 15) is 33.9 Å². The Labute approximate surface area is 304 Å². The van der Waals surface area contributed by atoms with Gasteiger partial charge in [0.05, 0.1) is 17.9 Å². The van der Waals surface area contributed by atoms with Crippen LogP contribution in [-0.2, 0) is 24.8 Å². The molecule has 2 atom stereocenters. The number of amides is 4. The van der Waals surface area contributed by atoms with Crippen LogP contribution < -0.4 is 16.6 Å². The molecule has 0 unspecified atom stereocenters. The maximum Gasteiger partial charge on any atom is 0.293 e. The Morgan fingerprint density at radius 2 is 1.83 bits per heavy atom. The summed E-state index contributed by atoms with van der Waals surface area (Å²) in [6, 6.07) is 6.54. The standard InChI is InChI=1S/C36H44N8O7S/c1-35(2,51)28-19-38-42-44(28)23-18-27(33(49)41-36(29(45)30(37)46)12-14-52-15-13-36)43(20-23)34(50)26(16-21-8-4-3-5-9-21)40-32(48)25-17-22-10-6-7-11-24(22)31(47)39-25/h6-7,10-11,17,19,21,23,27,51H,3-5,8-9,12-16,18,20H2,1-2H3,(H2,37,46)(H,39,47)(H,41,49)/b40-26+/t23-,27-/m0/s1. The first-order valence-electron chi connectivity index (χ1n) is 17.7. The highest BCUT2D eigenvalue weighted by atomic mass is 32.2. The molecule has 6 rings (SSSR count). The van der Waals surface area contributed by atoms with Gasteiger partial charge in [-0.3, -0.25) is 28.8 Å². The van der Waals surface area contributed by atoms with Crippen molar-refractivity contribution in [2.45, 2.75) is 94.9 Å². The number of H-pyrrole nitrogens is 1. The Hall–Kier alpha value is -4.70. The maximum absolute atomic E-state index is 14.7. The number of thioether (sulfide) groups is 1. The third kappa shape index (κ3) is 7.72. The normalized spacial score (nSPS) is 21.2. The number of hydrogen-bond acceptors (Lipinski definition) is 10. The highest BCUT2D eigenvalue weighted by Crippen LogP contribution is 2.34. The van der Waals surface area contributed by atoms with Gasteiger partial charge >= 0.3 is 0 Å². The molecule has 3 aliphatic rings. The van der Waals surface area contributed by atoms with E-state index >= 15 is 0 Å². The van der Waals surface area contributed by atoms with Crippen LogP contribution in [0.5, 0.6) is 0 Å². The zero-order valence-corrected chi connectivity index (χ0v) is 30.1. The van der Waals surface area contributed by atoms with E-state index in [-0.39, 0.29) is 49.6 Å². The van der Waals surface area contributed by atoms with Crippen molar-refractivity contribution in [3.05, 3.63) is 58.3 Å². The Morgan fingerprint density at radius 3 is 2.52 bits per heavy atom. The molecular weight excluding hydrogens is 689 g/mol. The minimum atomic E-state index is -1.52. The molecule has 2 aliphatic heterocycles. The van der Waals surface area contributed by atoms with E-state index in [1.165, 1.54) is 21.8 Å². The third-order valence-corrected chi connectivity index (χ3v) is 11.4. The second kappa shape index (κ2) is 15.1. The van der Waals surface area contributed by atoms with E-state index in [0.29, 0.717) is 28.0 Å². The van der Waals surface area contributed by atoms with E-state index in [2.05, 4.69) is 25.6 Å². The Balaban J connectivity index is 1.38. The lowest BCUT2D eigenvalue weighted by Crippen LogP contribution is -2.63. The van der Waals surface area contributed by atoms with Crippen LogP contribution in [0.4, 0.5) is 0 Å². The summed E-state index contributed by atoms with van der Waals surface area (Å²) in [5.41, 5.74) is 2.33. The average Bonchev–Trinajstić information content (AvgIpc) is 3.80. The number of primary amides is 1. The number of aliphatic hydroxyl groups is 1. The number of rotatable bonds is 10. The molecule has 16 heteroatoms. The van der Waals surface area contributed by atoms with E-state index in [4.69, 9.17) is 5.73 Å². The fraction of sp³-hybridized carbons (Fsp3) is 0.528. The monoisotopic (exact) mass is 732 g/mol. The molecule has 4 heterocycles. The number of aromatic amines is 1. The van der Waals surface area contributed by atoms with E-state index in [1.807, 2.05) is 0 Å². The molecule has 15 nitrogen and oxygen atoms in total. The number of pyridine rings is 1. The summed E-state index contributed by atoms with van der Waals surface area (Å²) in [6.07, 6.45) is 6.67. The second-order valence-electron chi connectivity index (χ2n) is 14.5. The summed E-state index contributed by atoms with van der Waals surface area (Å²) in [5, 5.41) is 22.8. The number of carbonyl (C=O) groups excluding carboxylic acids is 5. The number of carbonyl (C=O) groups is 5. The molecule has 0 radical (unpaired) electrons. The summed E-state index contributed by atoms with van der Waals surface area (Å²) in [7, 11) is 0. The quantitative estimate of drug-likeness (QED) is 0.176. The van der Waals surface area contributed by atoms with Gasteiger partial charge in [-0.25, -0.2) is 9.67 Å². The van der Waals surface area contributed by atoms with Crippen LogP contribution >= 0.6 is 11.8 Å². The molecule has 3 fully saturated rings. The molecule has 5 N–H and O–H groups in total. The predicted octanol–water partition coefficient (Wildman–Crippen LogP) is 2.18. The summed E-state index contributed by atoms with van der Waals surface area (Å²) in [6.45, 7) is 3.09. The lowest BCUT2D eigenvalue weighted by atomic mass is 9.85.